The molecule has 5 nitrogen and oxygen atoms in total. The van der Waals surface area contributed by atoms with Crippen LogP contribution < -0.4 is 9.64 Å². The van der Waals surface area contributed by atoms with Gasteiger partial charge in [-0.1, -0.05) is 18.2 Å². The van der Waals surface area contributed by atoms with E-state index < -0.39 is 0 Å². The van der Waals surface area contributed by atoms with Gasteiger partial charge in [-0.15, -0.1) is 0 Å². The minimum Gasteiger partial charge on any atom is -0.497 e. The van der Waals surface area contributed by atoms with Crippen molar-refractivity contribution < 1.29 is 9.53 Å². The molecule has 0 atom stereocenters. The van der Waals surface area contributed by atoms with E-state index in [1.165, 1.54) is 11.3 Å². The van der Waals surface area contributed by atoms with Crippen molar-refractivity contribution >= 4 is 28.8 Å². The van der Waals surface area contributed by atoms with E-state index in [2.05, 4.69) is 59.2 Å². The zero-order chi connectivity index (χ0) is 23.4. The van der Waals surface area contributed by atoms with E-state index in [0.717, 1.165) is 40.1 Å². The molecule has 1 aliphatic rings. The number of methoxy groups -OCH3 is 1. The number of anilines is 1. The number of nitrogens with zero attached hydrogens (tertiary/aromatic N) is 3. The minimum absolute atomic E-state index is 0.131. The van der Waals surface area contributed by atoms with Crippen LogP contribution in [0.15, 0.2) is 48.0 Å². The summed E-state index contributed by atoms with van der Waals surface area (Å²) >= 11 is 0. The standard InChI is InChI=1S/C27H35N3O2/c1-19-24(16-20-8-10-21(11-9-20)29(4)5)23-13-12-22(32-7)17-26(23)25(19)18-27(31)30(6)15-14-28(2)3/h8-13,16-17H,14-15,18H2,1-7H3. The first kappa shape index (κ1) is 23.6. The topological polar surface area (TPSA) is 36.0 Å². The number of rotatable bonds is 8. The van der Waals surface area contributed by atoms with Gasteiger partial charge in [0.15, 0.2) is 0 Å². The Bertz CT molecular complexity index is 1030. The van der Waals surface area contributed by atoms with Gasteiger partial charge in [-0.25, -0.2) is 0 Å². The zero-order valence-electron chi connectivity index (χ0n) is 20.4. The van der Waals surface area contributed by atoms with Gasteiger partial charge in [0.1, 0.15) is 5.75 Å². The molecule has 1 amide bonds. The lowest BCUT2D eigenvalue weighted by atomic mass is 10.00. The second-order valence-electron chi connectivity index (χ2n) is 8.85. The van der Waals surface area contributed by atoms with Crippen LogP contribution in [0.3, 0.4) is 0 Å². The molecule has 0 aliphatic heterocycles. The molecule has 0 saturated heterocycles. The van der Waals surface area contributed by atoms with Crippen LogP contribution in [0.2, 0.25) is 0 Å². The highest BCUT2D eigenvalue weighted by molar-refractivity contribution is 6.08. The van der Waals surface area contributed by atoms with Crippen molar-refractivity contribution in [3.8, 4) is 5.75 Å². The lowest BCUT2D eigenvalue weighted by Crippen LogP contribution is -2.33. The summed E-state index contributed by atoms with van der Waals surface area (Å²) in [6.45, 7) is 3.68. The molecule has 0 heterocycles. The van der Waals surface area contributed by atoms with Crippen LogP contribution in [0.1, 0.15) is 30.0 Å². The van der Waals surface area contributed by atoms with Crippen molar-refractivity contribution in [1.29, 1.82) is 0 Å². The van der Waals surface area contributed by atoms with E-state index in [1.807, 2.05) is 46.2 Å². The van der Waals surface area contributed by atoms with Crippen LogP contribution in [-0.4, -0.2) is 71.1 Å². The van der Waals surface area contributed by atoms with Gasteiger partial charge < -0.3 is 19.4 Å². The van der Waals surface area contributed by atoms with E-state index >= 15 is 0 Å². The molecule has 3 rings (SSSR count). The summed E-state index contributed by atoms with van der Waals surface area (Å²) in [6.07, 6.45) is 2.60. The maximum Gasteiger partial charge on any atom is 0.226 e. The number of hydrogen-bond acceptors (Lipinski definition) is 4. The lowest BCUT2D eigenvalue weighted by Gasteiger charge is -2.20. The molecule has 0 N–H and O–H groups in total. The molecule has 2 aromatic carbocycles. The van der Waals surface area contributed by atoms with E-state index in [9.17, 15) is 4.79 Å². The predicted molar refractivity (Wildman–Crippen MR) is 135 cm³/mol. The molecule has 0 spiro atoms. The number of allylic oxidation sites excluding steroid dienone is 2. The van der Waals surface area contributed by atoms with Crippen LogP contribution in [0.4, 0.5) is 5.69 Å². The number of hydrogen-bond donors (Lipinski definition) is 0. The first-order valence-corrected chi connectivity index (χ1v) is 11.0. The zero-order valence-corrected chi connectivity index (χ0v) is 20.4. The van der Waals surface area contributed by atoms with Crippen molar-refractivity contribution in [2.45, 2.75) is 13.3 Å². The number of fused-ring (bicyclic) bond motifs is 1. The Kier molecular flexibility index (Phi) is 7.41. The number of likely N-dealkylation sites (N-methyl/N-ethyl adjacent to an activating group) is 2. The Morgan fingerprint density at radius 2 is 1.62 bits per heavy atom. The monoisotopic (exact) mass is 433 g/mol. The lowest BCUT2D eigenvalue weighted by molar-refractivity contribution is -0.128. The summed E-state index contributed by atoms with van der Waals surface area (Å²) in [5.74, 6) is 0.936. The molecule has 1 aliphatic carbocycles. The molecule has 0 saturated carbocycles. The van der Waals surface area contributed by atoms with Gasteiger partial charge in [0, 0.05) is 39.9 Å². The van der Waals surface area contributed by atoms with E-state index in [0.29, 0.717) is 13.0 Å². The Balaban J connectivity index is 1.96. The summed E-state index contributed by atoms with van der Waals surface area (Å²) in [5.41, 5.74) is 7.95. The molecule has 0 fully saturated rings. The molecule has 2 aromatic rings. The van der Waals surface area contributed by atoms with Gasteiger partial charge in [-0.2, -0.15) is 0 Å². The van der Waals surface area contributed by atoms with Crippen LogP contribution in [0, 0.1) is 0 Å². The molecule has 5 heteroatoms. The Hall–Kier alpha value is -3.05. The molecule has 170 valence electrons. The highest BCUT2D eigenvalue weighted by Gasteiger charge is 2.26. The van der Waals surface area contributed by atoms with Gasteiger partial charge in [0.2, 0.25) is 5.91 Å². The van der Waals surface area contributed by atoms with Gasteiger partial charge in [0.25, 0.3) is 0 Å². The fourth-order valence-electron chi connectivity index (χ4n) is 3.91. The average Bonchev–Trinajstić information content (AvgIpc) is 3.02. The fraction of sp³-hybridized carbons (Fsp3) is 0.370. The van der Waals surface area contributed by atoms with E-state index in [4.69, 9.17) is 4.74 Å². The first-order chi connectivity index (χ1) is 15.2. The van der Waals surface area contributed by atoms with Crippen LogP contribution in [0.25, 0.3) is 17.2 Å². The van der Waals surface area contributed by atoms with Crippen LogP contribution in [0.5, 0.6) is 5.75 Å². The largest absolute Gasteiger partial charge is 0.497 e. The Labute approximate surface area is 192 Å². The number of amides is 1. The molecular formula is C27H35N3O2. The summed E-state index contributed by atoms with van der Waals surface area (Å²) in [6, 6.07) is 14.7. The molecular weight excluding hydrogens is 398 g/mol. The smallest absolute Gasteiger partial charge is 0.226 e. The van der Waals surface area contributed by atoms with Gasteiger partial charge in [-0.3, -0.25) is 4.79 Å². The SMILES string of the molecule is COc1ccc2c(c1)C(CC(=O)N(C)CCN(C)C)=C(C)C2=Cc1ccc(N(C)C)cc1. The third kappa shape index (κ3) is 5.22. The third-order valence-corrected chi connectivity index (χ3v) is 6.06. The van der Waals surface area contributed by atoms with Crippen molar-refractivity contribution in [3.63, 3.8) is 0 Å². The van der Waals surface area contributed by atoms with Crippen molar-refractivity contribution in [3.05, 3.63) is 64.7 Å². The summed E-state index contributed by atoms with van der Waals surface area (Å²) < 4.78 is 5.48. The van der Waals surface area contributed by atoms with E-state index in [1.54, 1.807) is 7.11 Å². The number of ether oxygens (including phenoxy) is 1. The minimum atomic E-state index is 0.131. The summed E-state index contributed by atoms with van der Waals surface area (Å²) in [7, 11) is 11.7. The normalized spacial score (nSPS) is 14.2. The fourth-order valence-corrected chi connectivity index (χ4v) is 3.91. The molecule has 0 aromatic heterocycles. The highest BCUT2D eigenvalue weighted by atomic mass is 16.5. The van der Waals surface area contributed by atoms with Crippen LogP contribution in [-0.2, 0) is 4.79 Å². The summed E-state index contributed by atoms with van der Waals surface area (Å²) in [5, 5.41) is 0. The number of benzene rings is 2. The second kappa shape index (κ2) is 10.0. The number of carbonyl (C=O) groups is 1. The maximum absolute atomic E-state index is 13.0. The highest BCUT2D eigenvalue weighted by Crippen LogP contribution is 2.45. The Morgan fingerprint density at radius 1 is 0.938 bits per heavy atom. The van der Waals surface area contributed by atoms with Gasteiger partial charge in [-0.05, 0) is 84.8 Å². The maximum atomic E-state index is 13.0. The third-order valence-electron chi connectivity index (χ3n) is 6.06. The predicted octanol–water partition coefficient (Wildman–Crippen LogP) is 4.50. The molecule has 0 bridgehead atoms. The Morgan fingerprint density at radius 3 is 2.22 bits per heavy atom. The average molecular weight is 434 g/mol. The first-order valence-electron chi connectivity index (χ1n) is 11.0. The van der Waals surface area contributed by atoms with Gasteiger partial charge in [0.05, 0.1) is 13.5 Å². The van der Waals surface area contributed by atoms with E-state index in [-0.39, 0.29) is 5.91 Å². The summed E-state index contributed by atoms with van der Waals surface area (Å²) in [4.78, 5) is 19.0. The van der Waals surface area contributed by atoms with Crippen molar-refractivity contribution in [2.24, 2.45) is 0 Å². The second-order valence-corrected chi connectivity index (χ2v) is 8.85. The van der Waals surface area contributed by atoms with Crippen LogP contribution >= 0.6 is 0 Å². The van der Waals surface area contributed by atoms with Gasteiger partial charge >= 0.3 is 0 Å². The quantitative estimate of drug-likeness (QED) is 0.614. The molecule has 0 unspecified atom stereocenters. The van der Waals surface area contributed by atoms with Crippen molar-refractivity contribution in [1.82, 2.24) is 9.80 Å². The van der Waals surface area contributed by atoms with Crippen molar-refractivity contribution in [2.75, 3.05) is 60.3 Å². The molecule has 32 heavy (non-hydrogen) atoms. The number of carbonyl (C=O) groups excluding carboxylic acids is 1. The molecule has 0 radical (unpaired) electrons.